The maximum atomic E-state index is 12.2. The van der Waals surface area contributed by atoms with Crippen LogP contribution in [0.15, 0.2) is 35.3 Å². The van der Waals surface area contributed by atoms with Crippen molar-refractivity contribution in [1.82, 2.24) is 5.32 Å². The summed E-state index contributed by atoms with van der Waals surface area (Å²) in [4.78, 5) is 27.9. The van der Waals surface area contributed by atoms with Gasteiger partial charge in [0.05, 0.1) is 18.0 Å². The molecule has 0 aliphatic heterocycles. The number of carbonyl (C=O) groups excluding carboxylic acids is 2. The van der Waals surface area contributed by atoms with E-state index in [-0.39, 0.29) is 23.5 Å². The zero-order valence-corrected chi connectivity index (χ0v) is 14.2. The van der Waals surface area contributed by atoms with Crippen LogP contribution in [-0.4, -0.2) is 42.2 Å². The fourth-order valence-electron chi connectivity index (χ4n) is 2.15. The van der Waals surface area contributed by atoms with Crippen molar-refractivity contribution in [2.45, 2.75) is 31.3 Å². The quantitative estimate of drug-likeness (QED) is 0.201. The smallest absolute Gasteiger partial charge is 0.237 e. The Balaban J connectivity index is 2.56. The van der Waals surface area contributed by atoms with Gasteiger partial charge in [0, 0.05) is 6.54 Å². The zero-order chi connectivity index (χ0) is 17.9. The van der Waals surface area contributed by atoms with E-state index in [9.17, 15) is 9.59 Å². The Labute approximate surface area is 146 Å². The van der Waals surface area contributed by atoms with E-state index in [1.54, 1.807) is 0 Å². The van der Waals surface area contributed by atoms with Crippen LogP contribution in [0, 0.1) is 0 Å². The molecule has 1 aromatic carbocycles. The molecule has 8 heteroatoms. The first kappa shape index (κ1) is 19.9. The van der Waals surface area contributed by atoms with E-state index < -0.39 is 12.1 Å². The molecule has 0 saturated heterocycles. The van der Waals surface area contributed by atoms with Crippen LogP contribution in [0.2, 0.25) is 0 Å². The van der Waals surface area contributed by atoms with Crippen LogP contribution in [0.3, 0.4) is 0 Å². The maximum absolute atomic E-state index is 12.2. The molecular formula is C16H24ClN5O2. The highest BCUT2D eigenvalue weighted by Crippen LogP contribution is 2.05. The third-order valence-corrected chi connectivity index (χ3v) is 3.68. The normalized spacial score (nSPS) is 12.9. The molecule has 0 spiro atoms. The number of nitrogens with one attached hydrogen (secondary N) is 1. The van der Waals surface area contributed by atoms with Gasteiger partial charge >= 0.3 is 0 Å². The summed E-state index contributed by atoms with van der Waals surface area (Å²) in [6.07, 6.45) is 1.33. The minimum absolute atomic E-state index is 0.0101. The van der Waals surface area contributed by atoms with E-state index in [0.717, 1.165) is 5.56 Å². The molecule has 7 nitrogen and oxygen atoms in total. The fourth-order valence-corrected chi connectivity index (χ4v) is 2.34. The van der Waals surface area contributed by atoms with Gasteiger partial charge in [-0.25, -0.2) is 0 Å². The molecule has 132 valence electrons. The van der Waals surface area contributed by atoms with Crippen molar-refractivity contribution in [2.24, 2.45) is 22.2 Å². The third-order valence-electron chi connectivity index (χ3n) is 3.42. The first-order chi connectivity index (χ1) is 11.4. The minimum atomic E-state index is -0.740. The second kappa shape index (κ2) is 10.6. The number of alkyl halides is 1. The summed E-state index contributed by atoms with van der Waals surface area (Å²) in [5.41, 5.74) is 17.4. The zero-order valence-electron chi connectivity index (χ0n) is 13.5. The molecule has 2 atom stereocenters. The van der Waals surface area contributed by atoms with E-state index in [1.807, 2.05) is 30.3 Å². The average molecular weight is 354 g/mol. The monoisotopic (exact) mass is 353 g/mol. The predicted molar refractivity (Wildman–Crippen MR) is 95.7 cm³/mol. The number of benzene rings is 1. The van der Waals surface area contributed by atoms with Crippen molar-refractivity contribution in [3.63, 3.8) is 0 Å². The summed E-state index contributed by atoms with van der Waals surface area (Å²) in [5, 5.41) is 2.67. The Morgan fingerprint density at radius 1 is 1.21 bits per heavy atom. The van der Waals surface area contributed by atoms with Crippen LogP contribution in [0.5, 0.6) is 0 Å². The number of nitrogens with zero attached hydrogens (tertiary/aromatic N) is 1. The molecular weight excluding hydrogens is 330 g/mol. The Hall–Kier alpha value is -2.12. The van der Waals surface area contributed by atoms with Crippen LogP contribution in [0.4, 0.5) is 0 Å². The van der Waals surface area contributed by atoms with Crippen LogP contribution < -0.4 is 22.5 Å². The van der Waals surface area contributed by atoms with Crippen molar-refractivity contribution in [1.29, 1.82) is 0 Å². The van der Waals surface area contributed by atoms with Crippen molar-refractivity contribution in [3.05, 3.63) is 35.9 Å². The number of rotatable bonds is 10. The van der Waals surface area contributed by atoms with Gasteiger partial charge in [-0.2, -0.15) is 0 Å². The van der Waals surface area contributed by atoms with Gasteiger partial charge in [0.15, 0.2) is 11.7 Å². The Morgan fingerprint density at radius 2 is 1.88 bits per heavy atom. The molecule has 0 radical (unpaired) electrons. The molecule has 0 aromatic heterocycles. The second-order valence-corrected chi connectivity index (χ2v) is 5.67. The van der Waals surface area contributed by atoms with E-state index in [1.165, 1.54) is 0 Å². The lowest BCUT2D eigenvalue weighted by molar-refractivity contribution is -0.127. The molecule has 0 aliphatic rings. The van der Waals surface area contributed by atoms with Gasteiger partial charge < -0.3 is 22.5 Å². The number of guanidine groups is 1. The minimum Gasteiger partial charge on any atom is -0.370 e. The van der Waals surface area contributed by atoms with Gasteiger partial charge in [0.1, 0.15) is 0 Å². The topological polar surface area (TPSA) is 137 Å². The van der Waals surface area contributed by atoms with Gasteiger partial charge in [-0.15, -0.1) is 11.6 Å². The molecule has 0 aliphatic carbocycles. The average Bonchev–Trinajstić information content (AvgIpc) is 2.57. The number of amides is 1. The largest absolute Gasteiger partial charge is 0.370 e. The second-order valence-electron chi connectivity index (χ2n) is 5.41. The third kappa shape index (κ3) is 7.43. The van der Waals surface area contributed by atoms with E-state index in [2.05, 4.69) is 10.3 Å². The van der Waals surface area contributed by atoms with Crippen molar-refractivity contribution in [2.75, 3.05) is 12.4 Å². The van der Waals surface area contributed by atoms with Gasteiger partial charge in [-0.05, 0) is 24.8 Å². The number of hydrogen-bond donors (Lipinski definition) is 4. The van der Waals surface area contributed by atoms with Crippen LogP contribution in [-0.2, 0) is 16.0 Å². The summed E-state index contributed by atoms with van der Waals surface area (Å²) in [6.45, 7) is 0.375. The highest BCUT2D eigenvalue weighted by atomic mass is 35.5. The van der Waals surface area contributed by atoms with E-state index in [0.29, 0.717) is 25.8 Å². The van der Waals surface area contributed by atoms with Crippen molar-refractivity contribution in [3.8, 4) is 0 Å². The summed E-state index contributed by atoms with van der Waals surface area (Å²) in [5.74, 6) is -0.837. The standard InChI is InChI=1S/C16H24ClN5O2/c17-10-14(23)13(7-4-8-21-16(19)20)22-15(24)12(18)9-11-5-2-1-3-6-11/h1-3,5-6,12-13H,4,7-10,18H2,(H,22,24)(H4,19,20,21)/t12-,13+/m1/s1. The van der Waals surface area contributed by atoms with Gasteiger partial charge in [0.25, 0.3) is 0 Å². The molecule has 0 fully saturated rings. The molecule has 1 rings (SSSR count). The molecule has 0 saturated carbocycles. The predicted octanol–water partition coefficient (Wildman–Crippen LogP) is -0.0973. The number of aliphatic imine (C=N–C) groups is 1. The molecule has 0 unspecified atom stereocenters. The van der Waals surface area contributed by atoms with Crippen LogP contribution in [0.1, 0.15) is 18.4 Å². The fraction of sp³-hybridized carbons (Fsp3) is 0.438. The number of carbonyl (C=O) groups is 2. The summed E-state index contributed by atoms with van der Waals surface area (Å²) in [7, 11) is 0. The number of Topliss-reactive ketones (excluding diaryl/α,β-unsaturated/α-hetero) is 1. The molecule has 0 heterocycles. The lowest BCUT2D eigenvalue weighted by Gasteiger charge is -2.19. The van der Waals surface area contributed by atoms with E-state index >= 15 is 0 Å². The molecule has 7 N–H and O–H groups in total. The highest BCUT2D eigenvalue weighted by Gasteiger charge is 2.22. The number of halogens is 1. The lowest BCUT2D eigenvalue weighted by Crippen LogP contribution is -2.49. The molecule has 1 amide bonds. The molecule has 0 bridgehead atoms. The molecule has 1 aromatic rings. The van der Waals surface area contributed by atoms with Crippen LogP contribution >= 0.6 is 11.6 Å². The Kier molecular flexibility index (Phi) is 8.81. The Bertz CT molecular complexity index is 561. The van der Waals surface area contributed by atoms with E-state index in [4.69, 9.17) is 28.8 Å². The summed E-state index contributed by atoms with van der Waals surface area (Å²) in [6, 6.07) is 8.00. The first-order valence-electron chi connectivity index (χ1n) is 7.68. The number of hydrogen-bond acceptors (Lipinski definition) is 4. The summed E-state index contributed by atoms with van der Waals surface area (Å²) >= 11 is 5.60. The maximum Gasteiger partial charge on any atom is 0.237 e. The van der Waals surface area contributed by atoms with Gasteiger partial charge in [-0.3, -0.25) is 14.6 Å². The van der Waals surface area contributed by atoms with Crippen molar-refractivity contribution < 1.29 is 9.59 Å². The van der Waals surface area contributed by atoms with Gasteiger partial charge in [0.2, 0.25) is 5.91 Å². The SMILES string of the molecule is NC(N)=NCCC[C@H](NC(=O)[C@H](N)Cc1ccccc1)C(=O)CCl. The first-order valence-corrected chi connectivity index (χ1v) is 8.21. The summed E-state index contributed by atoms with van der Waals surface area (Å²) < 4.78 is 0. The Morgan fingerprint density at radius 3 is 2.46 bits per heavy atom. The van der Waals surface area contributed by atoms with Gasteiger partial charge in [-0.1, -0.05) is 30.3 Å². The highest BCUT2D eigenvalue weighted by molar-refractivity contribution is 6.28. The number of ketones is 1. The number of nitrogens with two attached hydrogens (primary N) is 3. The molecule has 24 heavy (non-hydrogen) atoms. The lowest BCUT2D eigenvalue weighted by atomic mass is 10.0. The van der Waals surface area contributed by atoms with Crippen molar-refractivity contribution >= 4 is 29.3 Å². The van der Waals surface area contributed by atoms with Crippen LogP contribution in [0.25, 0.3) is 0 Å².